The minimum atomic E-state index is -0.630. The number of nitrogens with one attached hydrogen (secondary N) is 2. The molecule has 0 spiro atoms. The van der Waals surface area contributed by atoms with Crippen molar-refractivity contribution < 1.29 is 9.59 Å². The molecular weight excluding hydrogens is 402 g/mol. The molecule has 1 aliphatic heterocycles. The molecule has 146 valence electrons. The van der Waals surface area contributed by atoms with Crippen LogP contribution in [0.25, 0.3) is 10.9 Å². The minimum absolute atomic E-state index is 0.0773. The van der Waals surface area contributed by atoms with Gasteiger partial charge in [0.05, 0.1) is 28.2 Å². The number of aromatic amines is 1. The number of rotatable bonds is 4. The first-order valence-corrected chi connectivity index (χ1v) is 11.1. The summed E-state index contributed by atoms with van der Waals surface area (Å²) in [5.74, 6) is -0.0820. The third kappa shape index (κ3) is 2.89. The Kier molecular flexibility index (Phi) is 4.11. The van der Waals surface area contributed by atoms with Gasteiger partial charge in [0.2, 0.25) is 5.91 Å². The number of benzene rings is 1. The number of aromatic nitrogens is 1. The van der Waals surface area contributed by atoms with Gasteiger partial charge in [-0.3, -0.25) is 9.59 Å². The maximum atomic E-state index is 13.0. The second-order valence-corrected chi connectivity index (χ2v) is 9.51. The molecule has 5 nitrogen and oxygen atoms in total. The summed E-state index contributed by atoms with van der Waals surface area (Å²) in [6, 6.07) is 11.7. The van der Waals surface area contributed by atoms with Gasteiger partial charge in [0, 0.05) is 22.0 Å². The van der Waals surface area contributed by atoms with Crippen molar-refractivity contribution in [3.63, 3.8) is 0 Å². The van der Waals surface area contributed by atoms with Gasteiger partial charge in [-0.05, 0) is 48.4 Å². The molecule has 1 aliphatic rings. The average Bonchev–Trinajstić information content (AvgIpc) is 3.47. The molecule has 4 heterocycles. The van der Waals surface area contributed by atoms with Crippen molar-refractivity contribution in [1.82, 2.24) is 4.98 Å². The summed E-state index contributed by atoms with van der Waals surface area (Å²) in [6.07, 6.45) is 1.81. The lowest BCUT2D eigenvalue weighted by molar-refractivity contribution is -0.122. The number of thiophene rings is 2. The summed E-state index contributed by atoms with van der Waals surface area (Å²) in [5, 5.41) is 8.04. The molecule has 0 fully saturated rings. The SMILES string of the molecule is CC1(C)C(=O)N(Cc2ccsc2)c2cc(C(=O)Nc3c[nH]c4ccccc34)sc21. The standard InChI is InChI=1S/C22H19N3O2S2/c1-22(2)19-17(25(21(22)27)11-13-7-8-28-12-13)9-18(29-19)20(26)24-16-10-23-15-6-4-3-5-14(15)16/h3-10,12,23H,11H2,1-2H3,(H,24,26). The number of H-pyrrole nitrogens is 1. The van der Waals surface area contributed by atoms with Gasteiger partial charge in [0.1, 0.15) is 0 Å². The Hall–Kier alpha value is -2.90. The molecule has 1 aromatic carbocycles. The zero-order chi connectivity index (χ0) is 20.2. The van der Waals surface area contributed by atoms with Crippen LogP contribution in [-0.2, 0) is 16.8 Å². The molecule has 0 unspecified atom stereocenters. The Morgan fingerprint density at radius 2 is 2.07 bits per heavy atom. The van der Waals surface area contributed by atoms with Crippen molar-refractivity contribution in [3.05, 3.63) is 68.7 Å². The summed E-state index contributed by atoms with van der Waals surface area (Å²) >= 11 is 3.02. The van der Waals surface area contributed by atoms with E-state index in [0.717, 1.165) is 32.7 Å². The van der Waals surface area contributed by atoms with Crippen LogP contribution >= 0.6 is 22.7 Å². The summed E-state index contributed by atoms with van der Waals surface area (Å²) in [4.78, 5) is 32.5. The summed E-state index contributed by atoms with van der Waals surface area (Å²) in [7, 11) is 0. The van der Waals surface area contributed by atoms with Crippen LogP contribution in [0.1, 0.15) is 34.0 Å². The number of fused-ring (bicyclic) bond motifs is 2. The Bertz CT molecular complexity index is 1230. The minimum Gasteiger partial charge on any atom is -0.359 e. The molecule has 5 rings (SSSR count). The largest absolute Gasteiger partial charge is 0.359 e. The van der Waals surface area contributed by atoms with E-state index in [0.29, 0.717) is 11.4 Å². The Morgan fingerprint density at radius 1 is 1.24 bits per heavy atom. The maximum Gasteiger partial charge on any atom is 0.265 e. The van der Waals surface area contributed by atoms with Crippen LogP contribution < -0.4 is 10.2 Å². The molecule has 2 amide bonds. The van der Waals surface area contributed by atoms with E-state index in [2.05, 4.69) is 15.7 Å². The van der Waals surface area contributed by atoms with E-state index in [9.17, 15) is 9.59 Å². The molecule has 0 radical (unpaired) electrons. The fourth-order valence-electron chi connectivity index (χ4n) is 3.77. The number of para-hydroxylation sites is 1. The van der Waals surface area contributed by atoms with Crippen molar-refractivity contribution in [2.45, 2.75) is 25.8 Å². The number of carbonyl (C=O) groups excluding carboxylic acids is 2. The molecule has 0 aliphatic carbocycles. The van der Waals surface area contributed by atoms with E-state index in [4.69, 9.17) is 0 Å². The van der Waals surface area contributed by atoms with Gasteiger partial charge in [0.25, 0.3) is 5.91 Å². The topological polar surface area (TPSA) is 65.2 Å². The first kappa shape index (κ1) is 18.1. The number of anilines is 2. The molecular formula is C22H19N3O2S2. The third-order valence-corrected chi connectivity index (χ3v) is 7.51. The van der Waals surface area contributed by atoms with Gasteiger partial charge < -0.3 is 15.2 Å². The number of hydrogen-bond acceptors (Lipinski definition) is 4. The number of amides is 2. The molecule has 0 saturated heterocycles. The molecule has 2 N–H and O–H groups in total. The van der Waals surface area contributed by atoms with Gasteiger partial charge in [0.15, 0.2) is 0 Å². The summed E-state index contributed by atoms with van der Waals surface area (Å²) < 4.78 is 0. The molecule has 0 atom stereocenters. The molecule has 0 bridgehead atoms. The smallest absolute Gasteiger partial charge is 0.265 e. The van der Waals surface area contributed by atoms with Crippen LogP contribution in [0.2, 0.25) is 0 Å². The monoisotopic (exact) mass is 421 g/mol. The predicted molar refractivity (Wildman–Crippen MR) is 119 cm³/mol. The Balaban J connectivity index is 1.46. The van der Waals surface area contributed by atoms with Gasteiger partial charge in [-0.25, -0.2) is 0 Å². The predicted octanol–water partition coefficient (Wildman–Crippen LogP) is 5.37. The quantitative estimate of drug-likeness (QED) is 0.465. The highest BCUT2D eigenvalue weighted by Gasteiger charge is 2.46. The molecule has 0 saturated carbocycles. The number of carbonyl (C=O) groups is 2. The number of nitrogens with zero attached hydrogens (tertiary/aromatic N) is 1. The van der Waals surface area contributed by atoms with Crippen LogP contribution in [0.3, 0.4) is 0 Å². The van der Waals surface area contributed by atoms with Crippen molar-refractivity contribution in [2.75, 3.05) is 10.2 Å². The highest BCUT2D eigenvalue weighted by Crippen LogP contribution is 2.47. The van der Waals surface area contributed by atoms with Gasteiger partial charge >= 0.3 is 0 Å². The van der Waals surface area contributed by atoms with E-state index >= 15 is 0 Å². The second kappa shape index (κ2) is 6.57. The van der Waals surface area contributed by atoms with E-state index in [1.807, 2.05) is 55.6 Å². The van der Waals surface area contributed by atoms with Crippen LogP contribution in [0.15, 0.2) is 53.4 Å². The normalized spacial score (nSPS) is 15.1. The van der Waals surface area contributed by atoms with Crippen LogP contribution in [0.5, 0.6) is 0 Å². The molecule has 29 heavy (non-hydrogen) atoms. The molecule has 3 aromatic heterocycles. The van der Waals surface area contributed by atoms with Crippen molar-refractivity contribution in [2.24, 2.45) is 0 Å². The molecule has 4 aromatic rings. The lowest BCUT2D eigenvalue weighted by Crippen LogP contribution is -2.35. The highest BCUT2D eigenvalue weighted by atomic mass is 32.1. The molecule has 7 heteroatoms. The van der Waals surface area contributed by atoms with Gasteiger partial charge in [-0.15, -0.1) is 11.3 Å². The Labute approximate surface area is 176 Å². The van der Waals surface area contributed by atoms with Gasteiger partial charge in [-0.2, -0.15) is 11.3 Å². The first-order chi connectivity index (χ1) is 13.9. The number of hydrogen-bond donors (Lipinski definition) is 2. The van der Waals surface area contributed by atoms with Crippen LogP contribution in [-0.4, -0.2) is 16.8 Å². The summed E-state index contributed by atoms with van der Waals surface area (Å²) in [6.45, 7) is 4.39. The average molecular weight is 422 g/mol. The van der Waals surface area contributed by atoms with E-state index < -0.39 is 5.41 Å². The lowest BCUT2D eigenvalue weighted by atomic mass is 9.93. The zero-order valence-corrected chi connectivity index (χ0v) is 17.6. The maximum absolute atomic E-state index is 13.0. The van der Waals surface area contributed by atoms with Crippen LogP contribution in [0.4, 0.5) is 11.4 Å². The van der Waals surface area contributed by atoms with E-state index in [1.54, 1.807) is 22.4 Å². The second-order valence-electron chi connectivity index (χ2n) is 7.67. The van der Waals surface area contributed by atoms with E-state index in [1.165, 1.54) is 11.3 Å². The fraction of sp³-hybridized carbons (Fsp3) is 0.182. The van der Waals surface area contributed by atoms with Crippen LogP contribution in [0, 0.1) is 0 Å². The zero-order valence-electron chi connectivity index (χ0n) is 16.0. The van der Waals surface area contributed by atoms with Crippen molar-refractivity contribution in [1.29, 1.82) is 0 Å². The van der Waals surface area contributed by atoms with Crippen molar-refractivity contribution >= 4 is 56.8 Å². The fourth-order valence-corrected chi connectivity index (χ4v) is 5.58. The van der Waals surface area contributed by atoms with E-state index in [-0.39, 0.29) is 11.8 Å². The Morgan fingerprint density at radius 3 is 2.86 bits per heavy atom. The summed E-state index contributed by atoms with van der Waals surface area (Å²) in [5.41, 5.74) is 3.05. The highest BCUT2D eigenvalue weighted by molar-refractivity contribution is 7.15. The first-order valence-electron chi connectivity index (χ1n) is 9.30. The lowest BCUT2D eigenvalue weighted by Gasteiger charge is -2.20. The third-order valence-electron chi connectivity index (χ3n) is 5.33. The van der Waals surface area contributed by atoms with Gasteiger partial charge in [-0.1, -0.05) is 18.2 Å². The van der Waals surface area contributed by atoms with Crippen molar-refractivity contribution in [3.8, 4) is 0 Å².